The van der Waals surface area contributed by atoms with Crippen molar-refractivity contribution in [3.05, 3.63) is 11.6 Å². The topological polar surface area (TPSA) is 84.9 Å². The van der Waals surface area contributed by atoms with Crippen LogP contribution < -0.4 is 5.32 Å². The molecule has 0 spiro atoms. The summed E-state index contributed by atoms with van der Waals surface area (Å²) in [7, 11) is 1.27. The van der Waals surface area contributed by atoms with Crippen LogP contribution in [0.15, 0.2) is 11.6 Å². The van der Waals surface area contributed by atoms with Crippen LogP contribution in [-0.2, 0) is 19.1 Å². The Morgan fingerprint density at radius 2 is 2.05 bits per heavy atom. The summed E-state index contributed by atoms with van der Waals surface area (Å²) >= 11 is 0. The second kappa shape index (κ2) is 7.29. The molecule has 0 fully saturated rings. The number of hydrogen-bond donors (Lipinski definition) is 1. The van der Waals surface area contributed by atoms with Crippen LogP contribution >= 0.6 is 0 Å². The van der Waals surface area contributed by atoms with Crippen LogP contribution in [-0.4, -0.2) is 54.7 Å². The van der Waals surface area contributed by atoms with E-state index < -0.39 is 23.7 Å². The van der Waals surface area contributed by atoms with Gasteiger partial charge in [0.1, 0.15) is 18.2 Å². The molecule has 1 heterocycles. The molecular formula is C15H24N2O5. The predicted octanol–water partition coefficient (Wildman–Crippen LogP) is 1.23. The highest BCUT2D eigenvalue weighted by molar-refractivity contribution is 5.89. The lowest BCUT2D eigenvalue weighted by Crippen LogP contribution is -2.50. The standard InChI is InChI=1S/C15H24N2O5/c1-10-6-7-11(16-14(20)22-15(2,3)4)13(19)17(8-10)9-12(18)21-5/h6,11H,7-9H2,1-5H3,(H,16,20). The highest BCUT2D eigenvalue weighted by Gasteiger charge is 2.30. The Morgan fingerprint density at radius 3 is 2.59 bits per heavy atom. The van der Waals surface area contributed by atoms with E-state index in [1.54, 1.807) is 20.8 Å². The van der Waals surface area contributed by atoms with Crippen molar-refractivity contribution in [1.82, 2.24) is 10.2 Å². The van der Waals surface area contributed by atoms with Gasteiger partial charge < -0.3 is 19.7 Å². The van der Waals surface area contributed by atoms with E-state index in [1.807, 2.05) is 13.0 Å². The molecule has 0 aliphatic carbocycles. The maximum absolute atomic E-state index is 12.5. The number of rotatable bonds is 3. The SMILES string of the molecule is COC(=O)CN1CC(C)=CCC(NC(=O)OC(C)(C)C)C1=O. The minimum atomic E-state index is -0.753. The molecule has 0 aromatic rings. The van der Waals surface area contributed by atoms with Crippen LogP contribution in [0.2, 0.25) is 0 Å². The molecular weight excluding hydrogens is 288 g/mol. The third kappa shape index (κ3) is 5.75. The quantitative estimate of drug-likeness (QED) is 0.626. The smallest absolute Gasteiger partial charge is 0.408 e. The monoisotopic (exact) mass is 312 g/mol. The molecule has 1 unspecified atom stereocenters. The third-order valence-corrected chi connectivity index (χ3v) is 2.99. The zero-order chi connectivity index (χ0) is 16.9. The van der Waals surface area contributed by atoms with Crippen LogP contribution in [0.1, 0.15) is 34.1 Å². The van der Waals surface area contributed by atoms with Crippen molar-refractivity contribution in [2.45, 2.75) is 45.8 Å². The average Bonchev–Trinajstić information content (AvgIpc) is 2.50. The molecule has 1 aliphatic heterocycles. The summed E-state index contributed by atoms with van der Waals surface area (Å²) in [6, 6.07) is -0.753. The summed E-state index contributed by atoms with van der Waals surface area (Å²) < 4.78 is 9.76. The second-order valence-electron chi connectivity index (χ2n) is 6.26. The lowest BCUT2D eigenvalue weighted by Gasteiger charge is -2.26. The van der Waals surface area contributed by atoms with Gasteiger partial charge in [-0.3, -0.25) is 9.59 Å². The van der Waals surface area contributed by atoms with Gasteiger partial charge in [0.05, 0.1) is 7.11 Å². The molecule has 0 radical (unpaired) electrons. The lowest BCUT2D eigenvalue weighted by atomic mass is 10.1. The highest BCUT2D eigenvalue weighted by Crippen LogP contribution is 2.13. The van der Waals surface area contributed by atoms with Gasteiger partial charge in [0.15, 0.2) is 0 Å². The zero-order valence-corrected chi connectivity index (χ0v) is 13.8. The fourth-order valence-electron chi connectivity index (χ4n) is 2.01. The first-order valence-electron chi connectivity index (χ1n) is 7.13. The van der Waals surface area contributed by atoms with Crippen LogP contribution in [0.5, 0.6) is 0 Å². The largest absolute Gasteiger partial charge is 0.468 e. The summed E-state index contributed by atoms with van der Waals surface area (Å²) in [5.41, 5.74) is 0.306. The molecule has 0 saturated carbocycles. The Labute approximate surface area is 130 Å². The van der Waals surface area contributed by atoms with E-state index in [2.05, 4.69) is 10.1 Å². The van der Waals surface area contributed by atoms with Crippen LogP contribution in [0.3, 0.4) is 0 Å². The minimum Gasteiger partial charge on any atom is -0.468 e. The Morgan fingerprint density at radius 1 is 1.41 bits per heavy atom. The normalized spacial score (nSPS) is 19.1. The molecule has 1 atom stereocenters. The van der Waals surface area contributed by atoms with Crippen molar-refractivity contribution in [2.24, 2.45) is 0 Å². The number of esters is 1. The van der Waals surface area contributed by atoms with Gasteiger partial charge in [-0.1, -0.05) is 11.6 Å². The zero-order valence-electron chi connectivity index (χ0n) is 13.8. The molecule has 0 saturated heterocycles. The lowest BCUT2D eigenvalue weighted by molar-refractivity contribution is -0.147. The third-order valence-electron chi connectivity index (χ3n) is 2.99. The highest BCUT2D eigenvalue weighted by atomic mass is 16.6. The van der Waals surface area contributed by atoms with Gasteiger partial charge in [-0.2, -0.15) is 0 Å². The maximum Gasteiger partial charge on any atom is 0.408 e. The average molecular weight is 312 g/mol. The number of carbonyl (C=O) groups excluding carboxylic acids is 3. The summed E-state index contributed by atoms with van der Waals surface area (Å²) in [5, 5.41) is 2.56. The summed E-state index contributed by atoms with van der Waals surface area (Å²) in [5.74, 6) is -0.830. The maximum atomic E-state index is 12.5. The van der Waals surface area contributed by atoms with E-state index in [1.165, 1.54) is 12.0 Å². The Hall–Kier alpha value is -2.05. The molecule has 1 aliphatic rings. The molecule has 2 amide bonds. The number of amides is 2. The minimum absolute atomic E-state index is 0.146. The molecule has 0 aromatic carbocycles. The second-order valence-corrected chi connectivity index (χ2v) is 6.26. The van der Waals surface area contributed by atoms with E-state index >= 15 is 0 Å². The number of nitrogens with one attached hydrogen (secondary N) is 1. The number of nitrogens with zero attached hydrogens (tertiary/aromatic N) is 1. The fourth-order valence-corrected chi connectivity index (χ4v) is 2.01. The fraction of sp³-hybridized carbons (Fsp3) is 0.667. The number of hydrogen-bond acceptors (Lipinski definition) is 5. The van der Waals surface area contributed by atoms with Crippen LogP contribution in [0.4, 0.5) is 4.79 Å². The van der Waals surface area contributed by atoms with E-state index in [0.717, 1.165) is 5.57 Å². The van der Waals surface area contributed by atoms with Crippen molar-refractivity contribution in [2.75, 3.05) is 20.2 Å². The molecule has 22 heavy (non-hydrogen) atoms. The van der Waals surface area contributed by atoms with Crippen molar-refractivity contribution >= 4 is 18.0 Å². The van der Waals surface area contributed by atoms with Gasteiger partial charge in [0.2, 0.25) is 5.91 Å². The van der Waals surface area contributed by atoms with Gasteiger partial charge in [-0.25, -0.2) is 4.79 Å². The molecule has 124 valence electrons. The van der Waals surface area contributed by atoms with Gasteiger partial charge in [0.25, 0.3) is 0 Å². The van der Waals surface area contributed by atoms with E-state index in [-0.39, 0.29) is 12.5 Å². The Bertz CT molecular complexity index is 479. The predicted molar refractivity (Wildman–Crippen MR) is 80.1 cm³/mol. The van der Waals surface area contributed by atoms with Gasteiger partial charge in [-0.15, -0.1) is 0 Å². The van der Waals surface area contributed by atoms with E-state index in [9.17, 15) is 14.4 Å². The van der Waals surface area contributed by atoms with Crippen molar-refractivity contribution in [1.29, 1.82) is 0 Å². The van der Waals surface area contributed by atoms with E-state index in [4.69, 9.17) is 4.74 Å². The Balaban J connectivity index is 2.78. The molecule has 1 rings (SSSR count). The molecule has 7 nitrogen and oxygen atoms in total. The summed E-state index contributed by atoms with van der Waals surface area (Å²) in [6.07, 6.45) is 1.58. The van der Waals surface area contributed by atoms with Crippen LogP contribution in [0, 0.1) is 0 Å². The first-order chi connectivity index (χ1) is 10.1. The number of carbonyl (C=O) groups is 3. The first-order valence-corrected chi connectivity index (χ1v) is 7.13. The summed E-state index contributed by atoms with van der Waals surface area (Å²) in [6.45, 7) is 7.29. The Kier molecular flexibility index (Phi) is 5.96. The molecule has 1 N–H and O–H groups in total. The van der Waals surface area contributed by atoms with E-state index in [0.29, 0.717) is 13.0 Å². The number of methoxy groups -OCH3 is 1. The van der Waals surface area contributed by atoms with Gasteiger partial charge in [0, 0.05) is 6.54 Å². The van der Waals surface area contributed by atoms with Gasteiger partial charge >= 0.3 is 12.1 Å². The summed E-state index contributed by atoms with van der Waals surface area (Å²) in [4.78, 5) is 37.1. The molecule has 0 aromatic heterocycles. The number of alkyl carbamates (subject to hydrolysis) is 1. The van der Waals surface area contributed by atoms with Crippen molar-refractivity contribution in [3.63, 3.8) is 0 Å². The molecule has 7 heteroatoms. The number of ether oxygens (including phenoxy) is 2. The van der Waals surface area contributed by atoms with Crippen LogP contribution in [0.25, 0.3) is 0 Å². The van der Waals surface area contributed by atoms with Crippen molar-refractivity contribution in [3.8, 4) is 0 Å². The first kappa shape index (κ1) is 18.0. The molecule has 0 bridgehead atoms. The van der Waals surface area contributed by atoms with Gasteiger partial charge in [-0.05, 0) is 34.1 Å². The van der Waals surface area contributed by atoms with Crippen molar-refractivity contribution < 1.29 is 23.9 Å².